The largest absolute Gasteiger partial charge is 0.312 e. The highest BCUT2D eigenvalue weighted by Gasteiger charge is 2.21. The molecule has 0 aromatic rings. The summed E-state index contributed by atoms with van der Waals surface area (Å²) < 4.78 is 0. The molecule has 0 radical (unpaired) electrons. The molecule has 1 aliphatic rings. The normalized spacial score (nSPS) is 23.8. The lowest BCUT2D eigenvalue weighted by Gasteiger charge is -2.07. The molecule has 4 heteroatoms. The Morgan fingerprint density at radius 2 is 2.27 bits per heavy atom. The Bertz CT molecular complexity index is 198. The van der Waals surface area contributed by atoms with Crippen molar-refractivity contribution in [3.05, 3.63) is 0 Å². The first kappa shape index (κ1) is 8.20. The molecule has 11 heavy (non-hydrogen) atoms. The number of carbonyl (C=O) groups excluding carboxylic acids is 1. The minimum Gasteiger partial charge on any atom is -0.312 e. The summed E-state index contributed by atoms with van der Waals surface area (Å²) in [5, 5.41) is 2.70. The summed E-state index contributed by atoms with van der Waals surface area (Å²) in [7, 11) is 3.88. The smallest absolute Gasteiger partial charge is 0.249 e. The fourth-order valence-corrected chi connectivity index (χ4v) is 0.951. The van der Waals surface area contributed by atoms with Crippen LogP contribution in [0.5, 0.6) is 0 Å². The number of aliphatic imine (C=N–C) groups is 1. The predicted molar refractivity (Wildman–Crippen MR) is 43.6 cm³/mol. The summed E-state index contributed by atoms with van der Waals surface area (Å²) in [6.45, 7) is 2.49. The Labute approximate surface area is 66.3 Å². The maximum atomic E-state index is 10.9. The first-order valence-electron chi connectivity index (χ1n) is 3.62. The molecule has 1 unspecified atom stereocenters. The molecule has 0 bridgehead atoms. The molecule has 4 nitrogen and oxygen atoms in total. The number of hydrogen-bond donors (Lipinski definition) is 1. The standard InChI is InChI=1S/C7H13N3O/c1-5-7(11)9-6(8-5)4-10(2)3/h5H,4H2,1-3H3,(H,8,9,11). The third-order valence-electron chi connectivity index (χ3n) is 1.46. The van der Waals surface area contributed by atoms with Gasteiger partial charge in [0.05, 0.1) is 6.54 Å². The number of amides is 1. The van der Waals surface area contributed by atoms with Crippen molar-refractivity contribution < 1.29 is 4.79 Å². The van der Waals surface area contributed by atoms with Crippen LogP contribution in [0.3, 0.4) is 0 Å². The van der Waals surface area contributed by atoms with E-state index in [0.29, 0.717) is 6.54 Å². The van der Waals surface area contributed by atoms with Crippen molar-refractivity contribution in [2.45, 2.75) is 13.0 Å². The van der Waals surface area contributed by atoms with Crippen LogP contribution >= 0.6 is 0 Å². The quantitative estimate of drug-likeness (QED) is 0.582. The minimum absolute atomic E-state index is 0.00171. The second kappa shape index (κ2) is 3.00. The van der Waals surface area contributed by atoms with Crippen molar-refractivity contribution >= 4 is 11.7 Å². The van der Waals surface area contributed by atoms with Crippen molar-refractivity contribution in [2.24, 2.45) is 4.99 Å². The van der Waals surface area contributed by atoms with Gasteiger partial charge in [-0.05, 0) is 21.0 Å². The highest BCUT2D eigenvalue weighted by Crippen LogP contribution is 1.98. The van der Waals surface area contributed by atoms with E-state index in [9.17, 15) is 4.79 Å². The Morgan fingerprint density at radius 1 is 1.64 bits per heavy atom. The topological polar surface area (TPSA) is 44.7 Å². The maximum Gasteiger partial charge on any atom is 0.249 e. The van der Waals surface area contributed by atoms with Crippen LogP contribution in [0.1, 0.15) is 6.92 Å². The molecular weight excluding hydrogens is 142 g/mol. The van der Waals surface area contributed by atoms with Gasteiger partial charge in [0.2, 0.25) is 5.91 Å². The summed E-state index contributed by atoms with van der Waals surface area (Å²) >= 11 is 0. The van der Waals surface area contributed by atoms with E-state index >= 15 is 0 Å². The third kappa shape index (κ3) is 2.01. The van der Waals surface area contributed by atoms with E-state index in [1.54, 1.807) is 6.92 Å². The van der Waals surface area contributed by atoms with Gasteiger partial charge in [0.15, 0.2) is 0 Å². The molecule has 1 rings (SSSR count). The Hall–Kier alpha value is -0.900. The summed E-state index contributed by atoms with van der Waals surface area (Å²) in [6.07, 6.45) is 0. The molecule has 1 heterocycles. The Morgan fingerprint density at radius 3 is 2.64 bits per heavy atom. The van der Waals surface area contributed by atoms with Crippen molar-refractivity contribution in [3.63, 3.8) is 0 Å². The summed E-state index contributed by atoms with van der Waals surface area (Å²) in [6, 6.07) is -0.204. The van der Waals surface area contributed by atoms with E-state index in [2.05, 4.69) is 10.3 Å². The van der Waals surface area contributed by atoms with Crippen LogP contribution in [-0.2, 0) is 4.79 Å². The van der Waals surface area contributed by atoms with Crippen LogP contribution in [0.15, 0.2) is 4.99 Å². The average molecular weight is 155 g/mol. The van der Waals surface area contributed by atoms with Crippen molar-refractivity contribution in [1.29, 1.82) is 0 Å². The van der Waals surface area contributed by atoms with E-state index in [1.807, 2.05) is 19.0 Å². The number of rotatable bonds is 2. The van der Waals surface area contributed by atoms with Crippen molar-refractivity contribution in [1.82, 2.24) is 10.2 Å². The third-order valence-corrected chi connectivity index (χ3v) is 1.46. The van der Waals surface area contributed by atoms with Gasteiger partial charge in [-0.25, -0.2) is 0 Å². The number of hydrogen-bond acceptors (Lipinski definition) is 3. The van der Waals surface area contributed by atoms with E-state index < -0.39 is 0 Å². The summed E-state index contributed by atoms with van der Waals surface area (Å²) in [5.41, 5.74) is 0. The highest BCUT2D eigenvalue weighted by atomic mass is 16.2. The van der Waals surface area contributed by atoms with E-state index in [0.717, 1.165) is 5.84 Å². The molecule has 1 aliphatic heterocycles. The van der Waals surface area contributed by atoms with Crippen LogP contribution in [0.25, 0.3) is 0 Å². The van der Waals surface area contributed by atoms with Gasteiger partial charge in [-0.3, -0.25) is 9.79 Å². The molecule has 62 valence electrons. The molecule has 0 spiro atoms. The second-order valence-electron chi connectivity index (χ2n) is 2.98. The molecule has 0 saturated carbocycles. The zero-order valence-electron chi connectivity index (χ0n) is 7.09. The van der Waals surface area contributed by atoms with Crippen molar-refractivity contribution in [3.8, 4) is 0 Å². The zero-order valence-corrected chi connectivity index (χ0v) is 7.09. The van der Waals surface area contributed by atoms with Crippen LogP contribution in [-0.4, -0.2) is 43.3 Å². The van der Waals surface area contributed by atoms with Gasteiger partial charge in [-0.1, -0.05) is 0 Å². The summed E-state index contributed by atoms with van der Waals surface area (Å²) in [4.78, 5) is 17.0. The van der Waals surface area contributed by atoms with Gasteiger partial charge < -0.3 is 10.2 Å². The van der Waals surface area contributed by atoms with Gasteiger partial charge in [0.25, 0.3) is 0 Å². The monoisotopic (exact) mass is 155 g/mol. The maximum absolute atomic E-state index is 10.9. The minimum atomic E-state index is -0.204. The van der Waals surface area contributed by atoms with Crippen molar-refractivity contribution in [2.75, 3.05) is 20.6 Å². The van der Waals surface area contributed by atoms with Crippen LogP contribution < -0.4 is 5.32 Å². The highest BCUT2D eigenvalue weighted by molar-refractivity contribution is 6.06. The average Bonchev–Trinajstić information content (AvgIpc) is 2.10. The lowest BCUT2D eigenvalue weighted by molar-refractivity contribution is -0.119. The van der Waals surface area contributed by atoms with E-state index in [1.165, 1.54) is 0 Å². The summed E-state index contributed by atoms with van der Waals surface area (Å²) in [5.74, 6) is 0.773. The lowest BCUT2D eigenvalue weighted by Crippen LogP contribution is -2.33. The molecule has 0 fully saturated rings. The predicted octanol–water partition coefficient (Wildman–Crippen LogP) is -0.535. The van der Waals surface area contributed by atoms with Gasteiger partial charge in [-0.2, -0.15) is 0 Å². The van der Waals surface area contributed by atoms with Gasteiger partial charge in [0, 0.05) is 0 Å². The number of amidine groups is 1. The molecule has 1 N–H and O–H groups in total. The second-order valence-corrected chi connectivity index (χ2v) is 2.98. The van der Waals surface area contributed by atoms with Gasteiger partial charge in [-0.15, -0.1) is 0 Å². The fraction of sp³-hybridized carbons (Fsp3) is 0.714. The molecule has 1 atom stereocenters. The number of likely N-dealkylation sites (N-methyl/N-ethyl adjacent to an activating group) is 1. The lowest BCUT2D eigenvalue weighted by atomic mass is 10.4. The molecule has 0 saturated heterocycles. The first-order chi connectivity index (χ1) is 5.09. The fourth-order valence-electron chi connectivity index (χ4n) is 0.951. The van der Waals surface area contributed by atoms with Crippen LogP contribution in [0, 0.1) is 0 Å². The zero-order chi connectivity index (χ0) is 8.43. The van der Waals surface area contributed by atoms with E-state index in [-0.39, 0.29) is 11.9 Å². The van der Waals surface area contributed by atoms with Crippen LogP contribution in [0.2, 0.25) is 0 Å². The molecule has 0 aliphatic carbocycles. The number of nitrogens with one attached hydrogen (secondary N) is 1. The van der Waals surface area contributed by atoms with Gasteiger partial charge in [0.1, 0.15) is 11.9 Å². The number of nitrogens with zero attached hydrogens (tertiary/aromatic N) is 2. The van der Waals surface area contributed by atoms with Crippen LogP contribution in [0.4, 0.5) is 0 Å². The molecule has 0 aromatic heterocycles. The van der Waals surface area contributed by atoms with E-state index in [4.69, 9.17) is 0 Å². The SMILES string of the molecule is CC1N=C(CN(C)C)NC1=O. The Balaban J connectivity index is 2.50. The number of carbonyl (C=O) groups is 1. The molecule has 0 aromatic carbocycles. The van der Waals surface area contributed by atoms with Gasteiger partial charge >= 0.3 is 0 Å². The first-order valence-corrected chi connectivity index (χ1v) is 3.62. The Kier molecular flexibility index (Phi) is 2.24. The molecule has 1 amide bonds. The molecular formula is C7H13N3O.